The smallest absolute Gasteiger partial charge is 0.305 e. The van der Waals surface area contributed by atoms with Crippen molar-refractivity contribution in [2.75, 3.05) is 13.2 Å². The summed E-state index contributed by atoms with van der Waals surface area (Å²) in [6, 6.07) is -0.639. The first-order valence-corrected chi connectivity index (χ1v) is 30.9. The van der Waals surface area contributed by atoms with E-state index in [-0.39, 0.29) is 18.5 Å². The van der Waals surface area contributed by atoms with E-state index in [1.807, 2.05) is 6.08 Å². The summed E-state index contributed by atoms with van der Waals surface area (Å²) in [5, 5.41) is 23.2. The van der Waals surface area contributed by atoms with Gasteiger partial charge in [0.1, 0.15) is 0 Å². The number of ether oxygens (including phenoxy) is 1. The van der Waals surface area contributed by atoms with Crippen LogP contribution < -0.4 is 5.32 Å². The topological polar surface area (TPSA) is 95.9 Å². The van der Waals surface area contributed by atoms with Crippen LogP contribution in [-0.2, 0) is 14.3 Å². The van der Waals surface area contributed by atoms with Gasteiger partial charge in [0.25, 0.3) is 0 Å². The molecule has 0 heterocycles. The molecule has 0 fully saturated rings. The third-order valence-electron chi connectivity index (χ3n) is 14.1. The van der Waals surface area contributed by atoms with E-state index in [4.69, 9.17) is 4.74 Å². The Balaban J connectivity index is 3.49. The summed E-state index contributed by atoms with van der Waals surface area (Å²) in [7, 11) is 0. The molecule has 1 amide bonds. The monoisotopic (exact) mass is 982 g/mol. The second kappa shape index (κ2) is 59.4. The largest absolute Gasteiger partial charge is 0.466 e. The van der Waals surface area contributed by atoms with Gasteiger partial charge in [0.05, 0.1) is 25.4 Å². The van der Waals surface area contributed by atoms with E-state index < -0.39 is 12.1 Å². The van der Waals surface area contributed by atoms with Crippen molar-refractivity contribution in [2.45, 2.75) is 334 Å². The molecule has 0 aliphatic carbocycles. The van der Waals surface area contributed by atoms with Crippen molar-refractivity contribution in [3.63, 3.8) is 0 Å². The lowest BCUT2D eigenvalue weighted by molar-refractivity contribution is -0.143. The highest BCUT2D eigenvalue weighted by Crippen LogP contribution is 2.16. The van der Waals surface area contributed by atoms with Gasteiger partial charge in [-0.25, -0.2) is 0 Å². The zero-order valence-electron chi connectivity index (χ0n) is 46.7. The van der Waals surface area contributed by atoms with Crippen molar-refractivity contribution in [3.8, 4) is 0 Å². The molecule has 0 aliphatic rings. The summed E-state index contributed by atoms with van der Waals surface area (Å²) < 4.78 is 5.48. The van der Waals surface area contributed by atoms with Gasteiger partial charge in [0, 0.05) is 12.8 Å². The third kappa shape index (κ3) is 55.1. The fourth-order valence-electron chi connectivity index (χ4n) is 9.31. The molecule has 2 unspecified atom stereocenters. The summed E-state index contributed by atoms with van der Waals surface area (Å²) in [4.78, 5) is 24.6. The average molecular weight is 983 g/mol. The molecule has 0 bridgehead atoms. The van der Waals surface area contributed by atoms with E-state index in [2.05, 4.69) is 55.6 Å². The SMILES string of the molecule is CCCCCC/C=C\C/C=C\CCCCCCCCCC(=O)OCCCCCCCC/C=C\CCCCCCCCCC(=O)NC(CO)C(O)/C=C/CCCCCCCCCCCCCCCCCC. The first-order chi connectivity index (χ1) is 34.5. The highest BCUT2D eigenvalue weighted by molar-refractivity contribution is 5.76. The van der Waals surface area contributed by atoms with E-state index in [1.165, 1.54) is 231 Å². The molecular formula is C64H119NO5. The number of carbonyl (C=O) groups is 2. The Hall–Kier alpha value is -2.18. The van der Waals surface area contributed by atoms with E-state index in [9.17, 15) is 19.8 Å². The van der Waals surface area contributed by atoms with Crippen LogP contribution >= 0.6 is 0 Å². The number of aliphatic hydroxyl groups excluding tert-OH is 2. The van der Waals surface area contributed by atoms with Crippen molar-refractivity contribution in [2.24, 2.45) is 0 Å². The first-order valence-electron chi connectivity index (χ1n) is 30.9. The Kier molecular flexibility index (Phi) is 57.5. The second-order valence-corrected chi connectivity index (χ2v) is 21.0. The Bertz CT molecular complexity index is 1180. The zero-order valence-corrected chi connectivity index (χ0v) is 46.7. The number of esters is 1. The molecule has 0 aromatic carbocycles. The zero-order chi connectivity index (χ0) is 50.7. The normalized spacial score (nSPS) is 12.9. The molecule has 0 saturated carbocycles. The van der Waals surface area contributed by atoms with E-state index in [0.29, 0.717) is 19.4 Å². The maximum Gasteiger partial charge on any atom is 0.305 e. The molecule has 0 aromatic heterocycles. The van der Waals surface area contributed by atoms with Gasteiger partial charge < -0.3 is 20.3 Å². The van der Waals surface area contributed by atoms with Crippen LogP contribution in [-0.4, -0.2) is 47.4 Å². The van der Waals surface area contributed by atoms with Crippen molar-refractivity contribution in [3.05, 3.63) is 48.6 Å². The highest BCUT2D eigenvalue weighted by Gasteiger charge is 2.18. The van der Waals surface area contributed by atoms with Gasteiger partial charge in [-0.3, -0.25) is 9.59 Å². The van der Waals surface area contributed by atoms with Crippen molar-refractivity contribution in [1.82, 2.24) is 5.32 Å². The van der Waals surface area contributed by atoms with Gasteiger partial charge in [-0.05, 0) is 89.9 Å². The summed E-state index contributed by atoms with van der Waals surface area (Å²) >= 11 is 0. The Labute approximate surface area is 436 Å². The molecule has 6 nitrogen and oxygen atoms in total. The van der Waals surface area contributed by atoms with Crippen molar-refractivity contribution < 1.29 is 24.5 Å². The highest BCUT2D eigenvalue weighted by atomic mass is 16.5. The van der Waals surface area contributed by atoms with E-state index in [1.54, 1.807) is 6.08 Å². The second-order valence-electron chi connectivity index (χ2n) is 21.0. The molecular weight excluding hydrogens is 863 g/mol. The van der Waals surface area contributed by atoms with Crippen LogP contribution in [0.3, 0.4) is 0 Å². The minimum absolute atomic E-state index is 0.0102. The third-order valence-corrected chi connectivity index (χ3v) is 14.1. The van der Waals surface area contributed by atoms with Gasteiger partial charge in [0.15, 0.2) is 0 Å². The van der Waals surface area contributed by atoms with Crippen LogP contribution in [0.4, 0.5) is 0 Å². The lowest BCUT2D eigenvalue weighted by atomic mass is 10.0. The first kappa shape index (κ1) is 67.8. The molecule has 6 heteroatoms. The van der Waals surface area contributed by atoms with Gasteiger partial charge in [0.2, 0.25) is 5.91 Å². The van der Waals surface area contributed by atoms with Crippen LogP contribution in [0.15, 0.2) is 48.6 Å². The summed E-state index contributed by atoms with van der Waals surface area (Å²) in [5.74, 6) is -0.0893. The van der Waals surface area contributed by atoms with Crippen LogP contribution in [0.5, 0.6) is 0 Å². The number of unbranched alkanes of at least 4 members (excludes halogenated alkanes) is 40. The molecule has 410 valence electrons. The molecule has 3 N–H and O–H groups in total. The number of nitrogens with one attached hydrogen (secondary N) is 1. The molecule has 0 spiro atoms. The number of allylic oxidation sites excluding steroid dienone is 7. The predicted molar refractivity (Wildman–Crippen MR) is 306 cm³/mol. The Morgan fingerprint density at radius 2 is 0.714 bits per heavy atom. The average Bonchev–Trinajstić information content (AvgIpc) is 3.36. The molecule has 0 aliphatic heterocycles. The number of carbonyl (C=O) groups excluding carboxylic acids is 2. The van der Waals surface area contributed by atoms with Gasteiger partial charge in [-0.2, -0.15) is 0 Å². The number of hydrogen-bond acceptors (Lipinski definition) is 5. The number of amides is 1. The molecule has 2 atom stereocenters. The molecule has 0 radical (unpaired) electrons. The Morgan fingerprint density at radius 3 is 1.11 bits per heavy atom. The molecule has 0 rings (SSSR count). The van der Waals surface area contributed by atoms with Crippen LogP contribution in [0, 0.1) is 0 Å². The minimum Gasteiger partial charge on any atom is -0.466 e. The quantitative estimate of drug-likeness (QED) is 0.0321. The fraction of sp³-hybridized carbons (Fsp3) is 0.844. The lowest BCUT2D eigenvalue weighted by Gasteiger charge is -2.20. The van der Waals surface area contributed by atoms with Crippen LogP contribution in [0.25, 0.3) is 0 Å². The Morgan fingerprint density at radius 1 is 0.400 bits per heavy atom. The number of hydrogen-bond donors (Lipinski definition) is 3. The number of rotatable bonds is 57. The van der Waals surface area contributed by atoms with Gasteiger partial charge in [-0.15, -0.1) is 0 Å². The maximum absolute atomic E-state index is 12.5. The van der Waals surface area contributed by atoms with E-state index in [0.717, 1.165) is 64.2 Å². The van der Waals surface area contributed by atoms with Crippen LogP contribution in [0.2, 0.25) is 0 Å². The summed E-state index contributed by atoms with van der Waals surface area (Å²) in [6.45, 7) is 4.87. The summed E-state index contributed by atoms with van der Waals surface area (Å²) in [6.07, 6.45) is 75.7. The van der Waals surface area contributed by atoms with Crippen molar-refractivity contribution >= 4 is 11.9 Å². The molecule has 70 heavy (non-hydrogen) atoms. The lowest BCUT2D eigenvalue weighted by Crippen LogP contribution is -2.45. The maximum atomic E-state index is 12.5. The van der Waals surface area contributed by atoms with Gasteiger partial charge >= 0.3 is 5.97 Å². The number of aliphatic hydroxyl groups is 2. The van der Waals surface area contributed by atoms with Crippen molar-refractivity contribution in [1.29, 1.82) is 0 Å². The van der Waals surface area contributed by atoms with E-state index >= 15 is 0 Å². The minimum atomic E-state index is -0.854. The fourth-order valence-corrected chi connectivity index (χ4v) is 9.31. The van der Waals surface area contributed by atoms with Gasteiger partial charge in [-0.1, -0.05) is 268 Å². The molecule has 0 aromatic rings. The predicted octanol–water partition coefficient (Wildman–Crippen LogP) is 19.4. The standard InChI is InChI=1S/C64H119NO5/c1-3-5-7-9-11-13-15-17-19-21-24-28-32-36-40-44-48-52-56-62(67)61(60-66)65-63(68)57-53-49-45-41-37-33-29-25-23-27-31-35-39-43-47-51-55-59-70-64(69)58-54-50-46-42-38-34-30-26-22-20-18-16-14-12-10-8-6-4-2/h14,16,20,22-23,27,52,56,61-62,66-67H,3-13,15,17-19,21,24-26,28-51,53-55,57-60H2,1-2H3,(H,65,68)/b16-14-,22-20-,27-23-,56-52+. The summed E-state index contributed by atoms with van der Waals surface area (Å²) in [5.41, 5.74) is 0. The molecule has 0 saturated heterocycles. The van der Waals surface area contributed by atoms with Crippen LogP contribution in [0.1, 0.15) is 322 Å².